The van der Waals surface area contributed by atoms with E-state index in [9.17, 15) is 4.79 Å². The molecule has 5 rings (SSSR count). The van der Waals surface area contributed by atoms with Crippen LogP contribution in [-0.4, -0.2) is 49.5 Å². The Bertz CT molecular complexity index is 1410. The van der Waals surface area contributed by atoms with Gasteiger partial charge >= 0.3 is 0 Å². The van der Waals surface area contributed by atoms with Crippen LogP contribution < -0.4 is 4.74 Å². The first kappa shape index (κ1) is 30.9. The van der Waals surface area contributed by atoms with E-state index in [-0.39, 0.29) is 18.6 Å². The monoisotopic (exact) mass is 595 g/mol. The Morgan fingerprint density at radius 2 is 1.44 bits per heavy atom. The van der Waals surface area contributed by atoms with E-state index in [4.69, 9.17) is 14.2 Å². The summed E-state index contributed by atoms with van der Waals surface area (Å²) in [6.45, 7) is 2.00. The van der Waals surface area contributed by atoms with Gasteiger partial charge in [-0.1, -0.05) is 97.1 Å². The number of thioether (sulfide) groups is 1. The molecular weight excluding hydrogens is 554 g/mol. The zero-order chi connectivity index (χ0) is 29.9. The standard InChI is InChI=1S/C37H41NO4S/c1-38(2)37(39)27-42-33-18-16-28(17-19-33)20-31-14-9-15-32(21-31)36-23-34(41-25-30-12-7-4-8-13-30)22-35(43-36)26-40-24-29-10-5-3-6-11-29/h3-19,21,34-36H,20,22-27H2,1-2H3/t34-,35?,36+/m0/s1. The van der Waals surface area contributed by atoms with E-state index in [1.807, 2.05) is 36.0 Å². The summed E-state index contributed by atoms with van der Waals surface area (Å²) < 4.78 is 18.3. The van der Waals surface area contributed by atoms with Gasteiger partial charge in [-0.05, 0) is 59.2 Å². The van der Waals surface area contributed by atoms with E-state index in [2.05, 4.69) is 84.9 Å². The van der Waals surface area contributed by atoms with Crippen molar-refractivity contribution in [3.63, 3.8) is 0 Å². The number of ether oxygens (including phenoxy) is 3. The molecule has 0 bridgehead atoms. The van der Waals surface area contributed by atoms with Crippen molar-refractivity contribution >= 4 is 17.7 Å². The Morgan fingerprint density at radius 1 is 0.767 bits per heavy atom. The lowest BCUT2D eigenvalue weighted by atomic mass is 9.98. The van der Waals surface area contributed by atoms with E-state index >= 15 is 0 Å². The quantitative estimate of drug-likeness (QED) is 0.160. The van der Waals surface area contributed by atoms with E-state index in [0.29, 0.717) is 36.1 Å². The number of benzene rings is 4. The molecule has 1 fully saturated rings. The topological polar surface area (TPSA) is 48.0 Å². The van der Waals surface area contributed by atoms with Gasteiger partial charge in [0.25, 0.3) is 5.91 Å². The number of hydrogen-bond donors (Lipinski definition) is 0. The minimum atomic E-state index is -0.0563. The molecule has 1 aliphatic heterocycles. The SMILES string of the molecule is CN(C)C(=O)COc1ccc(Cc2cccc([C@H]3C[C@@H](OCc4ccccc4)CC(COCc4ccccc4)S3)c2)cc1. The second-order valence-electron chi connectivity index (χ2n) is 11.3. The Morgan fingerprint density at radius 3 is 2.14 bits per heavy atom. The van der Waals surface area contributed by atoms with Gasteiger partial charge in [-0.25, -0.2) is 0 Å². The molecule has 1 amide bonds. The Balaban J connectivity index is 1.22. The maximum absolute atomic E-state index is 11.8. The fourth-order valence-electron chi connectivity index (χ4n) is 5.22. The van der Waals surface area contributed by atoms with Crippen molar-refractivity contribution in [3.8, 4) is 5.75 Å². The smallest absolute Gasteiger partial charge is 0.259 e. The first-order valence-corrected chi connectivity index (χ1v) is 15.9. The Labute approximate surface area is 260 Å². The molecule has 0 saturated carbocycles. The van der Waals surface area contributed by atoms with Crippen molar-refractivity contribution in [2.24, 2.45) is 0 Å². The molecule has 0 spiro atoms. The minimum absolute atomic E-state index is 0.0434. The van der Waals surface area contributed by atoms with Crippen molar-refractivity contribution in [1.82, 2.24) is 4.90 Å². The van der Waals surface area contributed by atoms with Gasteiger partial charge in [-0.3, -0.25) is 4.79 Å². The fraction of sp³-hybridized carbons (Fsp3) is 0.324. The molecule has 0 aromatic heterocycles. The lowest BCUT2D eigenvalue weighted by Crippen LogP contribution is -2.30. The van der Waals surface area contributed by atoms with Crippen molar-refractivity contribution in [2.45, 2.75) is 49.1 Å². The van der Waals surface area contributed by atoms with Gasteiger partial charge in [0, 0.05) is 24.6 Å². The zero-order valence-electron chi connectivity index (χ0n) is 25.1. The summed E-state index contributed by atoms with van der Waals surface area (Å²) >= 11 is 2.02. The van der Waals surface area contributed by atoms with Gasteiger partial charge in [0.2, 0.25) is 0 Å². The fourth-order valence-corrected chi connectivity index (χ4v) is 6.81. The number of amides is 1. The van der Waals surface area contributed by atoms with Crippen LogP contribution in [0.4, 0.5) is 0 Å². The summed E-state index contributed by atoms with van der Waals surface area (Å²) in [6.07, 6.45) is 2.97. The maximum atomic E-state index is 11.8. The van der Waals surface area contributed by atoms with Crippen LogP contribution in [-0.2, 0) is 33.9 Å². The molecule has 1 saturated heterocycles. The summed E-state index contributed by atoms with van der Waals surface area (Å²) in [7, 11) is 3.46. The van der Waals surface area contributed by atoms with Gasteiger partial charge in [0.1, 0.15) is 5.75 Å². The first-order valence-electron chi connectivity index (χ1n) is 14.9. The van der Waals surface area contributed by atoms with Gasteiger partial charge in [0.05, 0.1) is 25.9 Å². The molecule has 6 heteroatoms. The highest BCUT2D eigenvalue weighted by Crippen LogP contribution is 2.44. The van der Waals surface area contributed by atoms with Crippen LogP contribution in [0.15, 0.2) is 109 Å². The normalized spacial score (nSPS) is 18.2. The van der Waals surface area contributed by atoms with Crippen molar-refractivity contribution in [3.05, 3.63) is 137 Å². The third kappa shape index (κ3) is 9.72. The van der Waals surface area contributed by atoms with Crippen LogP contribution >= 0.6 is 11.8 Å². The van der Waals surface area contributed by atoms with Crippen molar-refractivity contribution in [1.29, 1.82) is 0 Å². The predicted octanol–water partition coefficient (Wildman–Crippen LogP) is 7.48. The molecule has 0 radical (unpaired) electrons. The van der Waals surface area contributed by atoms with Gasteiger partial charge in [0.15, 0.2) is 6.61 Å². The highest BCUT2D eigenvalue weighted by molar-refractivity contribution is 8.00. The highest BCUT2D eigenvalue weighted by Gasteiger charge is 2.31. The van der Waals surface area contributed by atoms with Crippen LogP contribution in [0.5, 0.6) is 5.75 Å². The second-order valence-corrected chi connectivity index (χ2v) is 12.8. The molecular formula is C37H41NO4S. The molecule has 1 aliphatic rings. The van der Waals surface area contributed by atoms with E-state index < -0.39 is 0 Å². The number of carbonyl (C=O) groups excluding carboxylic acids is 1. The largest absolute Gasteiger partial charge is 0.484 e. The highest BCUT2D eigenvalue weighted by atomic mass is 32.2. The molecule has 224 valence electrons. The van der Waals surface area contributed by atoms with E-state index in [1.54, 1.807) is 14.1 Å². The summed E-state index contributed by atoms with van der Waals surface area (Å²) in [6, 6.07) is 37.8. The summed E-state index contributed by atoms with van der Waals surface area (Å²) in [5, 5.41) is 0.698. The lowest BCUT2D eigenvalue weighted by molar-refractivity contribution is -0.130. The van der Waals surface area contributed by atoms with Gasteiger partial charge < -0.3 is 19.1 Å². The Kier molecular flexibility index (Phi) is 11.3. The number of likely N-dealkylation sites (N-methyl/N-ethyl adjacent to an activating group) is 1. The molecule has 1 unspecified atom stereocenters. The average molecular weight is 596 g/mol. The number of nitrogens with zero attached hydrogens (tertiary/aromatic N) is 1. The number of carbonyl (C=O) groups is 1. The second kappa shape index (κ2) is 15.8. The molecule has 0 aliphatic carbocycles. The molecule has 5 nitrogen and oxygen atoms in total. The molecule has 4 aromatic carbocycles. The Hall–Kier alpha value is -3.58. The first-order chi connectivity index (χ1) is 21.0. The van der Waals surface area contributed by atoms with Crippen molar-refractivity contribution < 1.29 is 19.0 Å². The zero-order valence-corrected chi connectivity index (χ0v) is 25.9. The van der Waals surface area contributed by atoms with Gasteiger partial charge in [-0.15, -0.1) is 11.8 Å². The third-order valence-electron chi connectivity index (χ3n) is 7.62. The molecule has 4 aromatic rings. The van der Waals surface area contributed by atoms with Crippen molar-refractivity contribution in [2.75, 3.05) is 27.3 Å². The lowest BCUT2D eigenvalue weighted by Gasteiger charge is -2.35. The van der Waals surface area contributed by atoms with Gasteiger partial charge in [-0.2, -0.15) is 0 Å². The van der Waals surface area contributed by atoms with Crippen LogP contribution in [0.1, 0.15) is 45.9 Å². The number of hydrogen-bond acceptors (Lipinski definition) is 5. The molecule has 3 atom stereocenters. The summed E-state index contributed by atoms with van der Waals surface area (Å²) in [4.78, 5) is 13.4. The predicted molar refractivity (Wildman–Crippen MR) is 174 cm³/mol. The molecule has 0 N–H and O–H groups in total. The third-order valence-corrected chi connectivity index (χ3v) is 9.13. The minimum Gasteiger partial charge on any atom is -0.484 e. The van der Waals surface area contributed by atoms with E-state index in [0.717, 1.165) is 19.3 Å². The van der Waals surface area contributed by atoms with E-state index in [1.165, 1.54) is 32.7 Å². The van der Waals surface area contributed by atoms with Crippen LogP contribution in [0.3, 0.4) is 0 Å². The summed E-state index contributed by atoms with van der Waals surface area (Å²) in [5.74, 6) is 0.646. The maximum Gasteiger partial charge on any atom is 0.259 e. The summed E-state index contributed by atoms with van der Waals surface area (Å²) in [5.41, 5.74) is 6.23. The van der Waals surface area contributed by atoms with Crippen LogP contribution in [0.25, 0.3) is 0 Å². The average Bonchev–Trinajstić information content (AvgIpc) is 3.04. The van der Waals surface area contributed by atoms with Crippen LogP contribution in [0, 0.1) is 0 Å². The molecule has 1 heterocycles. The molecule has 43 heavy (non-hydrogen) atoms. The number of rotatable bonds is 13. The van der Waals surface area contributed by atoms with Crippen LogP contribution in [0.2, 0.25) is 0 Å².